The van der Waals surface area contributed by atoms with Crippen molar-refractivity contribution in [1.29, 1.82) is 0 Å². The van der Waals surface area contributed by atoms with Crippen LogP contribution in [0.4, 0.5) is 11.6 Å². The molecule has 5 heteroatoms. The molecule has 0 aliphatic rings. The molecule has 0 aliphatic carbocycles. The SMILES string of the molecule is Cn1ccnc1Nc1ccc(C(=O)O)cc1. The van der Waals surface area contributed by atoms with Gasteiger partial charge in [0.25, 0.3) is 0 Å². The number of nitrogens with zero attached hydrogens (tertiary/aromatic N) is 2. The van der Waals surface area contributed by atoms with E-state index in [1.165, 1.54) is 0 Å². The normalized spacial score (nSPS) is 10.1. The van der Waals surface area contributed by atoms with Gasteiger partial charge >= 0.3 is 5.97 Å². The Hall–Kier alpha value is -2.30. The second kappa shape index (κ2) is 4.06. The number of aryl methyl sites for hydroxylation is 1. The van der Waals surface area contributed by atoms with E-state index in [-0.39, 0.29) is 5.56 Å². The zero-order valence-corrected chi connectivity index (χ0v) is 8.71. The number of benzene rings is 1. The van der Waals surface area contributed by atoms with E-state index in [9.17, 15) is 4.79 Å². The molecule has 0 saturated carbocycles. The summed E-state index contributed by atoms with van der Waals surface area (Å²) in [5.41, 5.74) is 1.07. The highest BCUT2D eigenvalue weighted by atomic mass is 16.4. The Bertz CT molecular complexity index is 502. The van der Waals surface area contributed by atoms with Gasteiger partial charge in [0.2, 0.25) is 5.95 Å². The minimum absolute atomic E-state index is 0.269. The Morgan fingerprint density at radius 2 is 2.06 bits per heavy atom. The highest BCUT2D eigenvalue weighted by Gasteiger charge is 2.03. The maximum absolute atomic E-state index is 10.6. The van der Waals surface area contributed by atoms with Crippen molar-refractivity contribution in [3.63, 3.8) is 0 Å². The van der Waals surface area contributed by atoms with Crippen molar-refractivity contribution in [2.45, 2.75) is 0 Å². The summed E-state index contributed by atoms with van der Waals surface area (Å²) in [6.45, 7) is 0. The van der Waals surface area contributed by atoms with Crippen molar-refractivity contribution in [2.75, 3.05) is 5.32 Å². The van der Waals surface area contributed by atoms with Gasteiger partial charge in [0.15, 0.2) is 0 Å². The van der Waals surface area contributed by atoms with E-state index in [0.717, 1.165) is 5.69 Å². The molecule has 0 amide bonds. The smallest absolute Gasteiger partial charge is 0.335 e. The molecule has 2 rings (SSSR count). The van der Waals surface area contributed by atoms with Crippen LogP contribution in [0.5, 0.6) is 0 Å². The van der Waals surface area contributed by atoms with Gasteiger partial charge in [-0.25, -0.2) is 9.78 Å². The number of carbonyl (C=O) groups is 1. The number of hydrogen-bond acceptors (Lipinski definition) is 3. The van der Waals surface area contributed by atoms with Crippen LogP contribution in [0.25, 0.3) is 0 Å². The van der Waals surface area contributed by atoms with Crippen LogP contribution in [-0.4, -0.2) is 20.6 Å². The largest absolute Gasteiger partial charge is 0.478 e. The maximum atomic E-state index is 10.6. The molecule has 0 unspecified atom stereocenters. The van der Waals surface area contributed by atoms with E-state index in [1.54, 1.807) is 30.5 Å². The minimum atomic E-state index is -0.927. The first-order valence-corrected chi connectivity index (χ1v) is 4.74. The van der Waals surface area contributed by atoms with Gasteiger partial charge in [0.1, 0.15) is 0 Å². The number of aromatic carboxylic acids is 1. The number of rotatable bonds is 3. The lowest BCUT2D eigenvalue weighted by Gasteiger charge is -2.05. The van der Waals surface area contributed by atoms with Gasteiger partial charge in [-0.1, -0.05) is 0 Å². The highest BCUT2D eigenvalue weighted by molar-refractivity contribution is 5.88. The Balaban J connectivity index is 2.17. The van der Waals surface area contributed by atoms with Crippen LogP contribution in [-0.2, 0) is 7.05 Å². The van der Waals surface area contributed by atoms with Crippen molar-refractivity contribution in [3.8, 4) is 0 Å². The molecule has 2 N–H and O–H groups in total. The first-order valence-electron chi connectivity index (χ1n) is 4.74. The number of aromatic nitrogens is 2. The van der Waals surface area contributed by atoms with E-state index in [1.807, 2.05) is 17.8 Å². The van der Waals surface area contributed by atoms with Crippen molar-refractivity contribution >= 4 is 17.6 Å². The second-order valence-corrected chi connectivity index (χ2v) is 3.37. The van der Waals surface area contributed by atoms with Gasteiger partial charge in [-0.2, -0.15) is 0 Å². The fraction of sp³-hybridized carbons (Fsp3) is 0.0909. The highest BCUT2D eigenvalue weighted by Crippen LogP contribution is 2.14. The fourth-order valence-electron chi connectivity index (χ4n) is 1.31. The van der Waals surface area contributed by atoms with Crippen LogP contribution >= 0.6 is 0 Å². The fourth-order valence-corrected chi connectivity index (χ4v) is 1.31. The number of nitrogens with one attached hydrogen (secondary N) is 1. The molecular weight excluding hydrogens is 206 g/mol. The number of anilines is 2. The Morgan fingerprint density at radius 1 is 1.38 bits per heavy atom. The maximum Gasteiger partial charge on any atom is 0.335 e. The van der Waals surface area contributed by atoms with Gasteiger partial charge in [-0.3, -0.25) is 0 Å². The number of hydrogen-bond donors (Lipinski definition) is 2. The molecular formula is C11H11N3O2. The van der Waals surface area contributed by atoms with Gasteiger partial charge in [-0.15, -0.1) is 0 Å². The van der Waals surface area contributed by atoms with Gasteiger partial charge < -0.3 is 15.0 Å². The first kappa shape index (κ1) is 10.2. The lowest BCUT2D eigenvalue weighted by atomic mass is 10.2. The average Bonchev–Trinajstić information content (AvgIpc) is 2.65. The van der Waals surface area contributed by atoms with Crippen molar-refractivity contribution < 1.29 is 9.90 Å². The van der Waals surface area contributed by atoms with E-state index in [4.69, 9.17) is 5.11 Å². The zero-order valence-electron chi connectivity index (χ0n) is 8.71. The molecule has 0 aliphatic heterocycles. The molecule has 0 saturated heterocycles. The minimum Gasteiger partial charge on any atom is -0.478 e. The Kier molecular flexibility index (Phi) is 2.59. The van der Waals surface area contributed by atoms with Crippen molar-refractivity contribution in [2.24, 2.45) is 7.05 Å². The summed E-state index contributed by atoms with van der Waals surface area (Å²) < 4.78 is 1.84. The standard InChI is InChI=1S/C11H11N3O2/c1-14-7-6-12-11(14)13-9-4-2-8(3-5-9)10(15)16/h2-7H,1H3,(H,12,13)(H,15,16). The molecule has 0 atom stereocenters. The molecule has 1 aromatic carbocycles. The summed E-state index contributed by atoms with van der Waals surface area (Å²) in [4.78, 5) is 14.8. The summed E-state index contributed by atoms with van der Waals surface area (Å²) >= 11 is 0. The third kappa shape index (κ3) is 2.03. The van der Waals surface area contributed by atoms with E-state index in [2.05, 4.69) is 10.3 Å². The van der Waals surface area contributed by atoms with E-state index < -0.39 is 5.97 Å². The van der Waals surface area contributed by atoms with Crippen molar-refractivity contribution in [3.05, 3.63) is 42.2 Å². The monoisotopic (exact) mass is 217 g/mol. The van der Waals surface area contributed by atoms with Crippen molar-refractivity contribution in [1.82, 2.24) is 9.55 Å². The summed E-state index contributed by atoms with van der Waals surface area (Å²) in [6, 6.07) is 6.51. The Morgan fingerprint density at radius 3 is 2.56 bits per heavy atom. The van der Waals surface area contributed by atoms with Crippen LogP contribution in [0, 0.1) is 0 Å². The summed E-state index contributed by atoms with van der Waals surface area (Å²) in [5.74, 6) is -0.216. The van der Waals surface area contributed by atoms with Crippen LogP contribution in [0.2, 0.25) is 0 Å². The van der Waals surface area contributed by atoms with Crippen LogP contribution in [0.15, 0.2) is 36.7 Å². The van der Waals surface area contributed by atoms with Crippen LogP contribution in [0.1, 0.15) is 10.4 Å². The average molecular weight is 217 g/mol. The second-order valence-electron chi connectivity index (χ2n) is 3.37. The molecule has 0 bridgehead atoms. The molecule has 82 valence electrons. The third-order valence-electron chi connectivity index (χ3n) is 2.21. The molecule has 0 spiro atoms. The van der Waals surface area contributed by atoms with Crippen LogP contribution < -0.4 is 5.32 Å². The zero-order chi connectivity index (χ0) is 11.5. The number of imidazole rings is 1. The first-order chi connectivity index (χ1) is 7.66. The Labute approximate surface area is 92.4 Å². The van der Waals surface area contributed by atoms with Crippen LogP contribution in [0.3, 0.4) is 0 Å². The molecule has 0 fully saturated rings. The summed E-state index contributed by atoms with van der Waals surface area (Å²) in [7, 11) is 1.88. The van der Waals surface area contributed by atoms with E-state index >= 15 is 0 Å². The topological polar surface area (TPSA) is 67.2 Å². The van der Waals surface area contributed by atoms with Gasteiger partial charge in [0, 0.05) is 25.1 Å². The molecule has 1 aromatic heterocycles. The number of carboxylic acids is 1. The molecule has 5 nitrogen and oxygen atoms in total. The molecule has 16 heavy (non-hydrogen) atoms. The summed E-state index contributed by atoms with van der Waals surface area (Å²) in [5, 5.41) is 11.8. The predicted octanol–water partition coefficient (Wildman–Crippen LogP) is 1.86. The summed E-state index contributed by atoms with van der Waals surface area (Å²) in [6.07, 6.45) is 3.52. The lowest BCUT2D eigenvalue weighted by molar-refractivity contribution is 0.0697. The van der Waals surface area contributed by atoms with Gasteiger partial charge in [-0.05, 0) is 24.3 Å². The van der Waals surface area contributed by atoms with Gasteiger partial charge in [0.05, 0.1) is 5.56 Å². The number of carboxylic acid groups (broad SMARTS) is 1. The molecule has 1 heterocycles. The lowest BCUT2D eigenvalue weighted by Crippen LogP contribution is -2.00. The van der Waals surface area contributed by atoms with E-state index in [0.29, 0.717) is 5.95 Å². The third-order valence-corrected chi connectivity index (χ3v) is 2.21. The molecule has 2 aromatic rings. The quantitative estimate of drug-likeness (QED) is 0.823. The molecule has 0 radical (unpaired) electrons. The predicted molar refractivity (Wildman–Crippen MR) is 59.9 cm³/mol.